The molecule has 5 rings (SSSR count). The molecule has 4 nitrogen and oxygen atoms in total. The Hall–Kier alpha value is -2.85. The van der Waals surface area contributed by atoms with Gasteiger partial charge in [0, 0.05) is 36.2 Å². The number of nitrogens with one attached hydrogen (secondary N) is 1. The van der Waals surface area contributed by atoms with Gasteiger partial charge in [0.1, 0.15) is 11.5 Å². The van der Waals surface area contributed by atoms with Gasteiger partial charge in [-0.25, -0.2) is 0 Å². The van der Waals surface area contributed by atoms with Gasteiger partial charge in [0.25, 0.3) is 0 Å². The van der Waals surface area contributed by atoms with E-state index in [1.165, 1.54) is 11.1 Å². The Bertz CT molecular complexity index is 914. The molecule has 1 N–H and O–H groups in total. The molecule has 1 fully saturated rings. The first-order chi connectivity index (χ1) is 13.4. The van der Waals surface area contributed by atoms with Crippen LogP contribution in [0.5, 0.6) is 11.5 Å². The largest absolute Gasteiger partial charge is 0.457 e. The number of hydrogen-bond donors (Lipinski definition) is 1. The summed E-state index contributed by atoms with van der Waals surface area (Å²) in [4.78, 5) is 4.04. The normalized spacial score (nSPS) is 23.6. The fourth-order valence-electron chi connectivity index (χ4n) is 4.25. The first-order valence-electron chi connectivity index (χ1n) is 9.53. The zero-order valence-electron chi connectivity index (χ0n) is 15.0. The third-order valence-corrected chi connectivity index (χ3v) is 5.48. The summed E-state index contributed by atoms with van der Waals surface area (Å²) in [6.07, 6.45) is 5.84. The van der Waals surface area contributed by atoms with Crippen molar-refractivity contribution in [3.8, 4) is 11.5 Å². The van der Waals surface area contributed by atoms with Crippen molar-refractivity contribution in [2.75, 3.05) is 11.9 Å². The highest BCUT2D eigenvalue weighted by Crippen LogP contribution is 2.49. The second-order valence-corrected chi connectivity index (χ2v) is 7.16. The first kappa shape index (κ1) is 16.3. The highest BCUT2D eigenvalue weighted by atomic mass is 16.5. The SMILES string of the molecule is c1ccc([C@@H]2Nc3ccc(Oc4ccncc4)cc3[C@H]3OCCC[C@H]32)cc1. The van der Waals surface area contributed by atoms with Crippen LogP contribution in [0.1, 0.15) is 36.1 Å². The predicted octanol–water partition coefficient (Wildman–Crippen LogP) is 5.51. The molecule has 1 saturated heterocycles. The summed E-state index contributed by atoms with van der Waals surface area (Å²) in [5.74, 6) is 2.04. The molecule has 0 spiro atoms. The summed E-state index contributed by atoms with van der Waals surface area (Å²) in [7, 11) is 0. The number of benzene rings is 2. The molecule has 2 aliphatic rings. The van der Waals surface area contributed by atoms with E-state index >= 15 is 0 Å². The number of hydrogen-bond acceptors (Lipinski definition) is 4. The summed E-state index contributed by atoms with van der Waals surface area (Å²) >= 11 is 0. The Balaban J connectivity index is 1.50. The molecule has 0 bridgehead atoms. The summed E-state index contributed by atoms with van der Waals surface area (Å²) < 4.78 is 12.3. The molecule has 0 saturated carbocycles. The van der Waals surface area contributed by atoms with Crippen molar-refractivity contribution in [2.24, 2.45) is 5.92 Å². The van der Waals surface area contributed by atoms with E-state index in [2.05, 4.69) is 52.8 Å². The van der Waals surface area contributed by atoms with E-state index in [-0.39, 0.29) is 12.1 Å². The van der Waals surface area contributed by atoms with Crippen molar-refractivity contribution in [3.05, 3.63) is 84.2 Å². The lowest BCUT2D eigenvalue weighted by atomic mass is 9.77. The zero-order valence-corrected chi connectivity index (χ0v) is 15.0. The molecule has 3 aromatic rings. The molecule has 2 aromatic carbocycles. The first-order valence-corrected chi connectivity index (χ1v) is 9.53. The van der Waals surface area contributed by atoms with Gasteiger partial charge < -0.3 is 14.8 Å². The van der Waals surface area contributed by atoms with Crippen LogP contribution in [0.3, 0.4) is 0 Å². The van der Waals surface area contributed by atoms with Gasteiger partial charge in [-0.3, -0.25) is 4.98 Å². The smallest absolute Gasteiger partial charge is 0.130 e. The molecule has 0 amide bonds. The van der Waals surface area contributed by atoms with E-state index in [4.69, 9.17) is 9.47 Å². The van der Waals surface area contributed by atoms with Crippen molar-refractivity contribution in [1.29, 1.82) is 0 Å². The summed E-state index contributed by atoms with van der Waals surface area (Å²) in [5, 5.41) is 3.76. The minimum Gasteiger partial charge on any atom is -0.457 e. The average molecular weight is 358 g/mol. The van der Waals surface area contributed by atoms with Gasteiger partial charge in [-0.1, -0.05) is 30.3 Å². The quantitative estimate of drug-likeness (QED) is 0.670. The summed E-state index contributed by atoms with van der Waals surface area (Å²) in [6, 6.07) is 20.9. The second-order valence-electron chi connectivity index (χ2n) is 7.16. The molecule has 136 valence electrons. The minimum absolute atomic E-state index is 0.0983. The van der Waals surface area contributed by atoms with Crippen molar-refractivity contribution >= 4 is 5.69 Å². The van der Waals surface area contributed by atoms with Crippen LogP contribution in [0, 0.1) is 5.92 Å². The molecule has 27 heavy (non-hydrogen) atoms. The van der Waals surface area contributed by atoms with Gasteiger partial charge in [-0.2, -0.15) is 0 Å². The fourth-order valence-corrected chi connectivity index (χ4v) is 4.25. The number of pyridine rings is 1. The van der Waals surface area contributed by atoms with Crippen LogP contribution in [0.2, 0.25) is 0 Å². The molecule has 2 aliphatic heterocycles. The van der Waals surface area contributed by atoms with Crippen LogP contribution < -0.4 is 10.1 Å². The summed E-state index contributed by atoms with van der Waals surface area (Å²) in [6.45, 7) is 0.817. The van der Waals surface area contributed by atoms with Gasteiger partial charge in [0.05, 0.1) is 12.1 Å². The van der Waals surface area contributed by atoms with E-state index in [1.54, 1.807) is 12.4 Å². The lowest BCUT2D eigenvalue weighted by Gasteiger charge is -2.43. The number of ether oxygens (including phenoxy) is 2. The molecule has 0 radical (unpaired) electrons. The fraction of sp³-hybridized carbons (Fsp3) is 0.261. The maximum Gasteiger partial charge on any atom is 0.130 e. The van der Waals surface area contributed by atoms with Gasteiger partial charge in [0.2, 0.25) is 0 Å². The van der Waals surface area contributed by atoms with Crippen LogP contribution in [0.4, 0.5) is 5.69 Å². The maximum absolute atomic E-state index is 6.26. The average Bonchev–Trinajstić information content (AvgIpc) is 2.75. The van der Waals surface area contributed by atoms with E-state index < -0.39 is 0 Å². The third kappa shape index (κ3) is 3.17. The summed E-state index contributed by atoms with van der Waals surface area (Å²) in [5.41, 5.74) is 3.65. The molecule has 3 heterocycles. The van der Waals surface area contributed by atoms with Crippen LogP contribution in [0.15, 0.2) is 73.1 Å². The van der Waals surface area contributed by atoms with Gasteiger partial charge in [-0.05, 0) is 48.7 Å². The lowest BCUT2D eigenvalue weighted by molar-refractivity contribution is -0.0382. The predicted molar refractivity (Wildman–Crippen MR) is 105 cm³/mol. The molecule has 3 atom stereocenters. The Morgan fingerprint density at radius 2 is 1.81 bits per heavy atom. The van der Waals surface area contributed by atoms with Crippen molar-refractivity contribution in [3.63, 3.8) is 0 Å². The molecule has 1 aromatic heterocycles. The number of anilines is 1. The molecular formula is C23H22N2O2. The van der Waals surface area contributed by atoms with E-state index in [0.717, 1.165) is 36.6 Å². The number of nitrogens with zero attached hydrogens (tertiary/aromatic N) is 1. The van der Waals surface area contributed by atoms with Crippen LogP contribution in [-0.4, -0.2) is 11.6 Å². The van der Waals surface area contributed by atoms with Gasteiger partial charge >= 0.3 is 0 Å². The highest BCUT2D eigenvalue weighted by Gasteiger charge is 2.39. The van der Waals surface area contributed by atoms with Crippen molar-refractivity contribution in [2.45, 2.75) is 25.0 Å². The Morgan fingerprint density at radius 1 is 0.963 bits per heavy atom. The maximum atomic E-state index is 6.26. The van der Waals surface area contributed by atoms with E-state index in [9.17, 15) is 0 Å². The Labute approximate surface area is 159 Å². The van der Waals surface area contributed by atoms with Crippen molar-refractivity contribution in [1.82, 2.24) is 4.98 Å². The van der Waals surface area contributed by atoms with Gasteiger partial charge in [0.15, 0.2) is 0 Å². The van der Waals surface area contributed by atoms with Crippen molar-refractivity contribution < 1.29 is 9.47 Å². The minimum atomic E-state index is 0.0983. The van der Waals surface area contributed by atoms with E-state index in [1.807, 2.05) is 18.2 Å². The monoisotopic (exact) mass is 358 g/mol. The third-order valence-electron chi connectivity index (χ3n) is 5.48. The van der Waals surface area contributed by atoms with Crippen LogP contribution >= 0.6 is 0 Å². The second kappa shape index (κ2) is 7.05. The van der Waals surface area contributed by atoms with Crippen LogP contribution in [-0.2, 0) is 4.74 Å². The Kier molecular flexibility index (Phi) is 4.26. The van der Waals surface area contributed by atoms with Gasteiger partial charge in [-0.15, -0.1) is 0 Å². The van der Waals surface area contributed by atoms with E-state index in [0.29, 0.717) is 5.92 Å². The molecule has 4 heteroatoms. The topological polar surface area (TPSA) is 43.4 Å². The molecule has 0 unspecified atom stereocenters. The number of aromatic nitrogens is 1. The Morgan fingerprint density at radius 3 is 2.67 bits per heavy atom. The molecule has 0 aliphatic carbocycles. The molecular weight excluding hydrogens is 336 g/mol. The number of rotatable bonds is 3. The zero-order chi connectivity index (χ0) is 18.1. The highest BCUT2D eigenvalue weighted by molar-refractivity contribution is 5.59. The van der Waals surface area contributed by atoms with Crippen LogP contribution in [0.25, 0.3) is 0 Å². The standard InChI is InChI=1S/C23H22N2O2/c1-2-5-16(6-3-1)22-19-7-4-14-26-23(19)20-15-18(8-9-21(20)25-22)27-17-10-12-24-13-11-17/h1-3,5-6,8-13,15,19,22-23,25H,4,7,14H2/t19-,22-,23-/m0/s1. The number of fused-ring (bicyclic) bond motifs is 3. The lowest BCUT2D eigenvalue weighted by Crippen LogP contribution is -2.35.